The van der Waals surface area contributed by atoms with Crippen LogP contribution in [-0.2, 0) is 9.53 Å². The second-order valence-corrected chi connectivity index (χ2v) is 6.84. The van der Waals surface area contributed by atoms with Crippen LogP contribution in [0.15, 0.2) is 29.8 Å². The minimum atomic E-state index is -0.980. The number of para-hydroxylation sites is 1. The molecule has 2 heterocycles. The highest BCUT2D eigenvalue weighted by Gasteiger charge is 2.25. The summed E-state index contributed by atoms with van der Waals surface area (Å²) < 4.78 is 6.82. The summed E-state index contributed by atoms with van der Waals surface area (Å²) in [5, 5.41) is 4.65. The van der Waals surface area contributed by atoms with Gasteiger partial charge in [0.2, 0.25) is 0 Å². The summed E-state index contributed by atoms with van der Waals surface area (Å²) in [6, 6.07) is 5.72. The van der Waals surface area contributed by atoms with Gasteiger partial charge in [-0.05, 0) is 31.9 Å². The third-order valence-corrected chi connectivity index (χ3v) is 4.82. The fourth-order valence-corrected chi connectivity index (χ4v) is 3.46. The number of hydrogen-bond acceptors (Lipinski definition) is 5. The Kier molecular flexibility index (Phi) is 4.78. The summed E-state index contributed by atoms with van der Waals surface area (Å²) in [4.78, 5) is 29.4. The van der Waals surface area contributed by atoms with E-state index in [1.54, 1.807) is 16.0 Å². The number of ether oxygens (including phenoxy) is 1. The average Bonchev–Trinajstić information content (AvgIpc) is 3.10. The van der Waals surface area contributed by atoms with Crippen LogP contribution in [0, 0.1) is 13.8 Å². The number of anilines is 1. The number of carbonyl (C=O) groups is 2. The Bertz CT molecular complexity index is 943. The number of hydrogen-bond donors (Lipinski definition) is 1. The number of carbonyl (C=O) groups excluding carboxylic acids is 2. The molecule has 0 saturated carbocycles. The molecule has 0 unspecified atom stereocenters. The van der Waals surface area contributed by atoms with Crippen molar-refractivity contribution in [1.82, 2.24) is 9.38 Å². The molecule has 0 spiro atoms. The van der Waals surface area contributed by atoms with Gasteiger partial charge >= 0.3 is 5.97 Å². The molecule has 2 aromatic heterocycles. The van der Waals surface area contributed by atoms with Crippen molar-refractivity contribution in [3.63, 3.8) is 0 Å². The zero-order valence-corrected chi connectivity index (χ0v) is 15.4. The lowest BCUT2D eigenvalue weighted by Crippen LogP contribution is -2.30. The lowest BCUT2D eigenvalue weighted by Gasteiger charge is -2.16. The monoisotopic (exact) mass is 377 g/mol. The molecule has 8 heteroatoms. The highest BCUT2D eigenvalue weighted by Crippen LogP contribution is 2.23. The molecule has 6 nitrogen and oxygen atoms in total. The maximum absolute atomic E-state index is 12.4. The number of amides is 1. The van der Waals surface area contributed by atoms with Gasteiger partial charge in [0.15, 0.2) is 21.9 Å². The van der Waals surface area contributed by atoms with Gasteiger partial charge < -0.3 is 10.1 Å². The molecule has 0 bridgehead atoms. The van der Waals surface area contributed by atoms with E-state index in [0.717, 1.165) is 16.8 Å². The van der Waals surface area contributed by atoms with Crippen molar-refractivity contribution >= 4 is 45.5 Å². The molecule has 130 valence electrons. The first-order chi connectivity index (χ1) is 11.9. The van der Waals surface area contributed by atoms with Crippen LogP contribution in [0.4, 0.5) is 5.69 Å². The van der Waals surface area contributed by atoms with E-state index in [1.807, 2.05) is 32.0 Å². The van der Waals surface area contributed by atoms with Crippen LogP contribution in [0.3, 0.4) is 0 Å². The molecular weight excluding hydrogens is 362 g/mol. The van der Waals surface area contributed by atoms with E-state index in [0.29, 0.717) is 4.96 Å². The Hall–Kier alpha value is -2.38. The van der Waals surface area contributed by atoms with E-state index in [2.05, 4.69) is 10.3 Å². The highest BCUT2D eigenvalue weighted by molar-refractivity contribution is 7.15. The number of fused-ring (bicyclic) bond motifs is 1. The fourth-order valence-electron chi connectivity index (χ4n) is 2.45. The second kappa shape index (κ2) is 6.85. The first-order valence-corrected chi connectivity index (χ1v) is 8.83. The van der Waals surface area contributed by atoms with Crippen LogP contribution in [-0.4, -0.2) is 27.4 Å². The number of benzene rings is 1. The molecular formula is C17H16ClN3O3S. The van der Waals surface area contributed by atoms with Crippen molar-refractivity contribution < 1.29 is 14.3 Å². The number of imidazole rings is 1. The molecule has 0 aliphatic rings. The molecule has 0 saturated heterocycles. The third kappa shape index (κ3) is 3.38. The van der Waals surface area contributed by atoms with Crippen molar-refractivity contribution in [2.24, 2.45) is 0 Å². The topological polar surface area (TPSA) is 72.7 Å². The minimum absolute atomic E-state index is 0.0548. The quantitative estimate of drug-likeness (QED) is 0.701. The molecule has 0 aliphatic heterocycles. The van der Waals surface area contributed by atoms with Crippen LogP contribution in [0.25, 0.3) is 4.96 Å². The van der Waals surface area contributed by atoms with E-state index in [9.17, 15) is 9.59 Å². The maximum atomic E-state index is 12.4. The van der Waals surface area contributed by atoms with Crippen molar-refractivity contribution in [1.29, 1.82) is 0 Å². The summed E-state index contributed by atoms with van der Waals surface area (Å²) in [6.07, 6.45) is 0.698. The number of aromatic nitrogens is 2. The molecule has 1 atom stereocenters. The Morgan fingerprint density at radius 3 is 2.68 bits per heavy atom. The van der Waals surface area contributed by atoms with Crippen LogP contribution in [0.2, 0.25) is 5.15 Å². The molecule has 0 aliphatic carbocycles. The van der Waals surface area contributed by atoms with E-state index < -0.39 is 18.0 Å². The number of aryl methyl sites for hydroxylation is 2. The second-order valence-electron chi connectivity index (χ2n) is 5.61. The Balaban J connectivity index is 1.74. The van der Waals surface area contributed by atoms with Gasteiger partial charge in [0, 0.05) is 17.3 Å². The molecule has 3 rings (SSSR count). The molecule has 1 amide bonds. The van der Waals surface area contributed by atoms with Gasteiger partial charge in [-0.3, -0.25) is 9.20 Å². The van der Waals surface area contributed by atoms with Gasteiger partial charge in [-0.15, -0.1) is 11.3 Å². The summed E-state index contributed by atoms with van der Waals surface area (Å²) in [5.41, 5.74) is 2.71. The maximum Gasteiger partial charge on any atom is 0.359 e. The van der Waals surface area contributed by atoms with E-state index >= 15 is 0 Å². The summed E-state index contributed by atoms with van der Waals surface area (Å²) in [7, 11) is 0. The highest BCUT2D eigenvalue weighted by atomic mass is 35.5. The number of thiazole rings is 1. The van der Waals surface area contributed by atoms with E-state index in [-0.39, 0.29) is 10.8 Å². The lowest BCUT2D eigenvalue weighted by molar-refractivity contribution is -0.123. The smallest absolute Gasteiger partial charge is 0.359 e. The number of rotatable bonds is 4. The molecule has 25 heavy (non-hydrogen) atoms. The van der Waals surface area contributed by atoms with Gasteiger partial charge in [0.1, 0.15) is 0 Å². The first kappa shape index (κ1) is 17.4. The number of nitrogens with zero attached hydrogens (tertiary/aromatic N) is 2. The number of nitrogens with one attached hydrogen (secondary N) is 1. The van der Waals surface area contributed by atoms with Crippen LogP contribution >= 0.6 is 22.9 Å². The van der Waals surface area contributed by atoms with Gasteiger partial charge in [0.25, 0.3) is 5.91 Å². The molecule has 3 aromatic rings. The number of halogens is 1. The third-order valence-electron chi connectivity index (χ3n) is 3.80. The van der Waals surface area contributed by atoms with Crippen LogP contribution in [0.1, 0.15) is 28.5 Å². The summed E-state index contributed by atoms with van der Waals surface area (Å²) in [6.45, 7) is 5.32. The van der Waals surface area contributed by atoms with Crippen molar-refractivity contribution in [2.75, 3.05) is 5.32 Å². The SMILES string of the molecule is Cc1cccc(C)c1NC(=O)[C@H](C)OC(=O)c1c(Cl)nc2sccn12. The zero-order chi connectivity index (χ0) is 18.1. The predicted octanol–water partition coefficient (Wildman–Crippen LogP) is 3.85. The van der Waals surface area contributed by atoms with Crippen molar-refractivity contribution in [2.45, 2.75) is 26.9 Å². The standard InChI is InChI=1S/C17H16ClN3O3S/c1-9-5-4-6-10(2)12(9)19-15(22)11(3)24-16(23)13-14(18)20-17-21(13)7-8-25-17/h4-8,11H,1-3H3,(H,19,22)/t11-/m0/s1. The lowest BCUT2D eigenvalue weighted by atomic mass is 10.1. The van der Waals surface area contributed by atoms with Crippen LogP contribution in [0.5, 0.6) is 0 Å². The molecule has 0 fully saturated rings. The normalized spacial score (nSPS) is 12.2. The van der Waals surface area contributed by atoms with Gasteiger partial charge in [-0.25, -0.2) is 9.78 Å². The number of esters is 1. The van der Waals surface area contributed by atoms with Gasteiger partial charge in [0.05, 0.1) is 0 Å². The molecule has 0 radical (unpaired) electrons. The van der Waals surface area contributed by atoms with Crippen molar-refractivity contribution in [3.05, 3.63) is 51.7 Å². The fraction of sp³-hybridized carbons (Fsp3) is 0.235. The molecule has 1 aromatic carbocycles. The summed E-state index contributed by atoms with van der Waals surface area (Å²) in [5.74, 6) is -1.10. The average molecular weight is 378 g/mol. The molecule has 1 N–H and O–H groups in total. The predicted molar refractivity (Wildman–Crippen MR) is 97.5 cm³/mol. The first-order valence-electron chi connectivity index (χ1n) is 7.57. The van der Waals surface area contributed by atoms with E-state index in [4.69, 9.17) is 16.3 Å². The summed E-state index contributed by atoms with van der Waals surface area (Å²) >= 11 is 7.36. The Morgan fingerprint density at radius 1 is 1.32 bits per heavy atom. The van der Waals surface area contributed by atoms with Gasteiger partial charge in [-0.1, -0.05) is 29.8 Å². The largest absolute Gasteiger partial charge is 0.448 e. The minimum Gasteiger partial charge on any atom is -0.448 e. The van der Waals surface area contributed by atoms with E-state index in [1.165, 1.54) is 18.3 Å². The Labute approximate surface area is 153 Å². The Morgan fingerprint density at radius 2 is 2.00 bits per heavy atom. The van der Waals surface area contributed by atoms with Crippen molar-refractivity contribution in [3.8, 4) is 0 Å². The zero-order valence-electron chi connectivity index (χ0n) is 13.9. The van der Waals surface area contributed by atoms with Crippen LogP contribution < -0.4 is 5.32 Å². The van der Waals surface area contributed by atoms with Gasteiger partial charge in [-0.2, -0.15) is 0 Å².